The second-order valence-corrected chi connectivity index (χ2v) is 9.67. The van der Waals surface area contributed by atoms with Gasteiger partial charge in [-0.2, -0.15) is 13.2 Å². The van der Waals surface area contributed by atoms with Gasteiger partial charge < -0.3 is 23.9 Å². The minimum atomic E-state index is -4.70. The molecule has 0 unspecified atom stereocenters. The Bertz CT molecular complexity index is 1560. The molecule has 2 aromatic heterocycles. The predicted molar refractivity (Wildman–Crippen MR) is 133 cm³/mol. The largest absolute Gasteiger partial charge is 0.465 e. The van der Waals surface area contributed by atoms with Crippen molar-refractivity contribution in [2.45, 2.75) is 46.1 Å². The zero-order valence-corrected chi connectivity index (χ0v) is 21.4. The van der Waals surface area contributed by atoms with Gasteiger partial charge in [-0.05, 0) is 57.5 Å². The van der Waals surface area contributed by atoms with E-state index in [0.717, 1.165) is 12.1 Å². The maximum atomic E-state index is 13.9. The van der Waals surface area contributed by atoms with Crippen LogP contribution in [0.5, 0.6) is 0 Å². The molecule has 0 aliphatic carbocycles. The number of carbonyl (C=O) groups excluding carboxylic acids is 2. The van der Waals surface area contributed by atoms with Crippen LogP contribution in [0.1, 0.15) is 51.6 Å². The van der Waals surface area contributed by atoms with Gasteiger partial charge in [-0.25, -0.2) is 4.79 Å². The fraction of sp³-hybridized carbons (Fsp3) is 0.370. The van der Waals surface area contributed by atoms with Crippen LogP contribution < -0.4 is 0 Å². The number of halogens is 3. The highest BCUT2D eigenvalue weighted by Gasteiger charge is 2.35. The van der Waals surface area contributed by atoms with Crippen LogP contribution in [0, 0.1) is 13.8 Å². The molecule has 38 heavy (non-hydrogen) atoms. The number of morpholine rings is 1. The number of carbonyl (C=O) groups is 2. The van der Waals surface area contributed by atoms with Gasteiger partial charge in [0.2, 0.25) is 0 Å². The lowest BCUT2D eigenvalue weighted by molar-refractivity contribution is -0.137. The van der Waals surface area contributed by atoms with Gasteiger partial charge in [0.25, 0.3) is 5.91 Å². The summed E-state index contributed by atoms with van der Waals surface area (Å²) < 4.78 is 57.8. The molecule has 1 N–H and O–H groups in total. The standard InChI is InChI=1S/C27H26F3N3O5/c1-12-10-33(11-13(2)37-12)25(34)19-8-17(27(28,29)30)9-21-23(19)18-6-16(22-14(3)32-38-15(22)4)7-20(24(18)31-21)26(35)36-5/h6-9,12-13,31H,10-11H2,1-5H3/t12-,13+. The van der Waals surface area contributed by atoms with Gasteiger partial charge in [0, 0.05) is 34.9 Å². The summed E-state index contributed by atoms with van der Waals surface area (Å²) in [7, 11) is 1.22. The minimum absolute atomic E-state index is 0.0774. The second kappa shape index (κ2) is 9.16. The number of methoxy groups -OCH3 is 1. The number of fused-ring (bicyclic) bond motifs is 3. The van der Waals surface area contributed by atoms with Gasteiger partial charge in [-0.3, -0.25) is 4.79 Å². The van der Waals surface area contributed by atoms with Gasteiger partial charge in [0.05, 0.1) is 47.2 Å². The van der Waals surface area contributed by atoms with Crippen LogP contribution in [0.3, 0.4) is 0 Å². The van der Waals surface area contributed by atoms with Crippen LogP contribution in [0.25, 0.3) is 32.9 Å². The third kappa shape index (κ3) is 4.30. The van der Waals surface area contributed by atoms with Crippen molar-refractivity contribution >= 4 is 33.7 Å². The Morgan fingerprint density at radius 1 is 1.08 bits per heavy atom. The number of nitrogens with zero attached hydrogens (tertiary/aromatic N) is 2. The topological polar surface area (TPSA) is 97.7 Å². The molecule has 4 aromatic rings. The summed E-state index contributed by atoms with van der Waals surface area (Å²) in [6.45, 7) is 7.55. The van der Waals surface area contributed by atoms with Crippen molar-refractivity contribution in [3.63, 3.8) is 0 Å². The molecule has 0 radical (unpaired) electrons. The number of alkyl halides is 3. The average Bonchev–Trinajstić information content (AvgIpc) is 3.39. The summed E-state index contributed by atoms with van der Waals surface area (Å²) in [4.78, 5) is 31.1. The van der Waals surface area contributed by atoms with Crippen LogP contribution in [-0.4, -0.2) is 59.3 Å². The normalized spacial score (nSPS) is 18.4. The summed E-state index contributed by atoms with van der Waals surface area (Å²) in [6, 6.07) is 5.13. The van der Waals surface area contributed by atoms with Crippen LogP contribution >= 0.6 is 0 Å². The molecular formula is C27H26F3N3O5. The lowest BCUT2D eigenvalue weighted by Gasteiger charge is -2.35. The molecule has 2 atom stereocenters. The minimum Gasteiger partial charge on any atom is -0.465 e. The summed E-state index contributed by atoms with van der Waals surface area (Å²) >= 11 is 0. The molecule has 3 heterocycles. The quantitative estimate of drug-likeness (QED) is 0.345. The van der Waals surface area contributed by atoms with E-state index >= 15 is 0 Å². The molecule has 200 valence electrons. The fourth-order valence-corrected chi connectivity index (χ4v) is 5.30. The number of aromatic nitrogens is 2. The smallest absolute Gasteiger partial charge is 0.416 e. The van der Waals surface area contributed by atoms with Crippen LogP contribution in [-0.2, 0) is 15.7 Å². The number of esters is 1. The number of aromatic amines is 1. The molecule has 0 saturated carbocycles. The van der Waals surface area contributed by atoms with Crippen molar-refractivity contribution in [1.82, 2.24) is 15.0 Å². The maximum absolute atomic E-state index is 13.9. The lowest BCUT2D eigenvalue weighted by atomic mass is 9.95. The number of hydrogen-bond acceptors (Lipinski definition) is 6. The highest BCUT2D eigenvalue weighted by molar-refractivity contribution is 6.21. The summed E-state index contributed by atoms with van der Waals surface area (Å²) in [5, 5.41) is 4.67. The van der Waals surface area contributed by atoms with Gasteiger partial charge in [0.1, 0.15) is 5.76 Å². The number of ether oxygens (including phenoxy) is 2. The van der Waals surface area contributed by atoms with Gasteiger partial charge in [-0.1, -0.05) is 5.16 Å². The number of nitrogens with one attached hydrogen (secondary N) is 1. The summed E-state index contributed by atoms with van der Waals surface area (Å²) in [5.41, 5.74) is 1.13. The molecule has 8 nitrogen and oxygen atoms in total. The SMILES string of the molecule is COC(=O)c1cc(-c2c(C)noc2C)cc2c1[nH]c1cc(C(F)(F)F)cc(C(=O)N3C[C@@H](C)O[C@@H](C)C3)c12. The maximum Gasteiger partial charge on any atom is 0.416 e. The van der Waals surface area contributed by atoms with Crippen molar-refractivity contribution in [3.8, 4) is 11.1 Å². The zero-order chi connectivity index (χ0) is 27.5. The van der Waals surface area contributed by atoms with E-state index in [1.165, 1.54) is 12.0 Å². The Labute approximate surface area is 215 Å². The first-order chi connectivity index (χ1) is 17.9. The van der Waals surface area contributed by atoms with Crippen LogP contribution in [0.15, 0.2) is 28.8 Å². The molecule has 1 fully saturated rings. The molecule has 1 aliphatic rings. The molecule has 1 amide bonds. The Hall–Kier alpha value is -3.86. The van der Waals surface area contributed by atoms with E-state index in [4.69, 9.17) is 14.0 Å². The van der Waals surface area contributed by atoms with Crippen LogP contribution in [0.2, 0.25) is 0 Å². The first kappa shape index (κ1) is 25.8. The number of amides is 1. The van der Waals surface area contributed by atoms with E-state index in [0.29, 0.717) is 28.0 Å². The van der Waals surface area contributed by atoms with Crippen LogP contribution in [0.4, 0.5) is 13.2 Å². The fourth-order valence-electron chi connectivity index (χ4n) is 5.30. The molecule has 5 rings (SSSR count). The second-order valence-electron chi connectivity index (χ2n) is 9.67. The van der Waals surface area contributed by atoms with Crippen molar-refractivity contribution in [2.75, 3.05) is 20.2 Å². The number of hydrogen-bond donors (Lipinski definition) is 1. The monoisotopic (exact) mass is 529 g/mol. The Balaban J connectivity index is 1.85. The van der Waals surface area contributed by atoms with Crippen molar-refractivity contribution in [1.29, 1.82) is 0 Å². The van der Waals surface area contributed by atoms with Crippen molar-refractivity contribution in [2.24, 2.45) is 0 Å². The molecule has 11 heteroatoms. The molecule has 0 bridgehead atoms. The van der Waals surface area contributed by atoms with Gasteiger partial charge in [0.15, 0.2) is 0 Å². The number of benzene rings is 2. The molecular weight excluding hydrogens is 503 g/mol. The first-order valence-corrected chi connectivity index (χ1v) is 12.1. The van der Waals surface area contributed by atoms with Crippen molar-refractivity contribution < 1.29 is 36.8 Å². The third-order valence-electron chi connectivity index (χ3n) is 6.80. The van der Waals surface area contributed by atoms with E-state index in [1.54, 1.807) is 26.0 Å². The molecule has 0 spiro atoms. The first-order valence-electron chi connectivity index (χ1n) is 12.1. The highest BCUT2D eigenvalue weighted by Crippen LogP contribution is 2.40. The average molecular weight is 530 g/mol. The Morgan fingerprint density at radius 2 is 1.76 bits per heavy atom. The van der Waals surface area contributed by atoms with Crippen molar-refractivity contribution in [3.05, 3.63) is 52.4 Å². The Morgan fingerprint density at radius 3 is 2.34 bits per heavy atom. The molecule has 2 aromatic carbocycles. The Kier molecular flexibility index (Phi) is 6.21. The highest BCUT2D eigenvalue weighted by atomic mass is 19.4. The molecule has 1 aliphatic heterocycles. The predicted octanol–water partition coefficient (Wildman–Crippen LogP) is 5.65. The number of rotatable bonds is 3. The lowest BCUT2D eigenvalue weighted by Crippen LogP contribution is -2.48. The van der Waals surface area contributed by atoms with E-state index < -0.39 is 23.6 Å². The third-order valence-corrected chi connectivity index (χ3v) is 6.80. The van der Waals surface area contributed by atoms with E-state index in [-0.39, 0.29) is 52.8 Å². The zero-order valence-electron chi connectivity index (χ0n) is 21.4. The van der Waals surface area contributed by atoms with Gasteiger partial charge >= 0.3 is 12.1 Å². The van der Waals surface area contributed by atoms with E-state index in [1.807, 2.05) is 13.8 Å². The summed E-state index contributed by atoms with van der Waals surface area (Å²) in [6.07, 6.45) is -5.24. The molecule has 1 saturated heterocycles. The number of aryl methyl sites for hydroxylation is 2. The van der Waals surface area contributed by atoms with E-state index in [9.17, 15) is 22.8 Å². The van der Waals surface area contributed by atoms with E-state index in [2.05, 4.69) is 10.1 Å². The van der Waals surface area contributed by atoms with Gasteiger partial charge in [-0.15, -0.1) is 0 Å². The summed E-state index contributed by atoms with van der Waals surface area (Å²) in [5.74, 6) is -0.731. The number of H-pyrrole nitrogens is 1.